The minimum Gasteiger partial charge on any atom is -0.497 e. The van der Waals surface area contributed by atoms with Gasteiger partial charge < -0.3 is 15.0 Å². The molecule has 3 heteroatoms. The standard InChI is InChI=1S/C17H28N2O/c1-4-17(15-7-9-16(20-3)10-8-15)18-14(2)13-19-11-5-6-12-19/h7-10,14,17-18H,4-6,11-13H2,1-3H3. The molecule has 0 amide bonds. The van der Waals surface area contributed by atoms with Crippen LogP contribution in [0.2, 0.25) is 0 Å². The Morgan fingerprint density at radius 1 is 1.20 bits per heavy atom. The van der Waals surface area contributed by atoms with Crippen LogP contribution in [0.4, 0.5) is 0 Å². The molecule has 112 valence electrons. The molecule has 1 heterocycles. The molecule has 1 aliphatic heterocycles. The zero-order valence-electron chi connectivity index (χ0n) is 13.1. The van der Waals surface area contributed by atoms with E-state index in [1.165, 1.54) is 31.5 Å². The van der Waals surface area contributed by atoms with E-state index in [4.69, 9.17) is 4.74 Å². The van der Waals surface area contributed by atoms with Crippen molar-refractivity contribution in [1.82, 2.24) is 10.2 Å². The molecule has 2 atom stereocenters. The number of benzene rings is 1. The van der Waals surface area contributed by atoms with Gasteiger partial charge in [-0.1, -0.05) is 19.1 Å². The number of likely N-dealkylation sites (tertiary alicyclic amines) is 1. The number of rotatable bonds is 7. The number of hydrogen-bond donors (Lipinski definition) is 1. The van der Waals surface area contributed by atoms with Gasteiger partial charge in [0, 0.05) is 18.6 Å². The smallest absolute Gasteiger partial charge is 0.118 e. The third kappa shape index (κ3) is 4.22. The van der Waals surface area contributed by atoms with E-state index >= 15 is 0 Å². The molecule has 2 rings (SSSR count). The van der Waals surface area contributed by atoms with Gasteiger partial charge in [-0.25, -0.2) is 0 Å². The van der Waals surface area contributed by atoms with Gasteiger partial charge in [-0.2, -0.15) is 0 Å². The third-order valence-corrected chi connectivity index (χ3v) is 4.14. The lowest BCUT2D eigenvalue weighted by Crippen LogP contribution is -2.39. The lowest BCUT2D eigenvalue weighted by atomic mass is 10.0. The Bertz CT molecular complexity index is 384. The van der Waals surface area contributed by atoms with E-state index in [0.29, 0.717) is 12.1 Å². The van der Waals surface area contributed by atoms with E-state index in [9.17, 15) is 0 Å². The van der Waals surface area contributed by atoms with Gasteiger partial charge in [0.25, 0.3) is 0 Å². The van der Waals surface area contributed by atoms with E-state index in [0.717, 1.165) is 18.7 Å². The molecule has 1 aliphatic rings. The Labute approximate surface area is 123 Å². The topological polar surface area (TPSA) is 24.5 Å². The van der Waals surface area contributed by atoms with E-state index in [-0.39, 0.29) is 0 Å². The lowest BCUT2D eigenvalue weighted by molar-refractivity contribution is 0.284. The molecule has 0 aromatic heterocycles. The van der Waals surface area contributed by atoms with Gasteiger partial charge >= 0.3 is 0 Å². The van der Waals surface area contributed by atoms with Crippen molar-refractivity contribution in [3.05, 3.63) is 29.8 Å². The minimum atomic E-state index is 0.429. The van der Waals surface area contributed by atoms with Crippen molar-refractivity contribution in [3.8, 4) is 5.75 Å². The van der Waals surface area contributed by atoms with Crippen molar-refractivity contribution in [2.75, 3.05) is 26.7 Å². The molecule has 3 nitrogen and oxygen atoms in total. The van der Waals surface area contributed by atoms with Crippen LogP contribution in [0.25, 0.3) is 0 Å². The molecule has 1 aromatic rings. The van der Waals surface area contributed by atoms with Crippen LogP contribution < -0.4 is 10.1 Å². The molecular formula is C17H28N2O. The molecule has 2 unspecified atom stereocenters. The number of ether oxygens (including phenoxy) is 1. The SMILES string of the molecule is CCC(NC(C)CN1CCCC1)c1ccc(OC)cc1. The molecule has 0 radical (unpaired) electrons. The number of nitrogens with one attached hydrogen (secondary N) is 1. The van der Waals surface area contributed by atoms with Crippen LogP contribution in [-0.4, -0.2) is 37.7 Å². The van der Waals surface area contributed by atoms with Crippen molar-refractivity contribution in [2.45, 2.75) is 45.2 Å². The zero-order valence-corrected chi connectivity index (χ0v) is 13.1. The molecule has 0 aliphatic carbocycles. The normalized spacial score (nSPS) is 18.9. The first-order chi connectivity index (χ1) is 9.72. The van der Waals surface area contributed by atoms with E-state index in [1.54, 1.807) is 7.11 Å². The van der Waals surface area contributed by atoms with E-state index < -0.39 is 0 Å². The van der Waals surface area contributed by atoms with Crippen molar-refractivity contribution >= 4 is 0 Å². The molecule has 1 N–H and O–H groups in total. The van der Waals surface area contributed by atoms with Crippen LogP contribution in [0.3, 0.4) is 0 Å². The Hall–Kier alpha value is -1.06. The van der Waals surface area contributed by atoms with Crippen molar-refractivity contribution in [3.63, 3.8) is 0 Å². The quantitative estimate of drug-likeness (QED) is 0.827. The van der Waals surface area contributed by atoms with Crippen LogP contribution in [0.1, 0.15) is 44.7 Å². The van der Waals surface area contributed by atoms with Crippen LogP contribution in [-0.2, 0) is 0 Å². The second kappa shape index (κ2) is 7.65. The second-order valence-electron chi connectivity index (χ2n) is 5.81. The van der Waals surface area contributed by atoms with Crippen molar-refractivity contribution in [1.29, 1.82) is 0 Å². The van der Waals surface area contributed by atoms with Gasteiger partial charge in [0.15, 0.2) is 0 Å². The predicted molar refractivity (Wildman–Crippen MR) is 84.3 cm³/mol. The number of nitrogens with zero attached hydrogens (tertiary/aromatic N) is 1. The second-order valence-corrected chi connectivity index (χ2v) is 5.81. The maximum absolute atomic E-state index is 5.23. The van der Waals surface area contributed by atoms with Gasteiger partial charge in [-0.05, 0) is 57.0 Å². The molecule has 1 fully saturated rings. The summed E-state index contributed by atoms with van der Waals surface area (Å²) < 4.78 is 5.23. The van der Waals surface area contributed by atoms with Gasteiger partial charge in [0.05, 0.1) is 7.11 Å². The molecule has 20 heavy (non-hydrogen) atoms. The van der Waals surface area contributed by atoms with Crippen molar-refractivity contribution < 1.29 is 4.74 Å². The minimum absolute atomic E-state index is 0.429. The summed E-state index contributed by atoms with van der Waals surface area (Å²) in [6.45, 7) is 8.23. The summed E-state index contributed by atoms with van der Waals surface area (Å²) >= 11 is 0. The Kier molecular flexibility index (Phi) is 5.86. The lowest BCUT2D eigenvalue weighted by Gasteiger charge is -2.26. The first-order valence-electron chi connectivity index (χ1n) is 7.85. The van der Waals surface area contributed by atoms with Crippen molar-refractivity contribution in [2.24, 2.45) is 0 Å². The predicted octanol–water partition coefficient (Wildman–Crippen LogP) is 3.22. The first-order valence-corrected chi connectivity index (χ1v) is 7.85. The summed E-state index contributed by atoms with van der Waals surface area (Å²) in [6.07, 6.45) is 3.83. The van der Waals surface area contributed by atoms with Gasteiger partial charge in [0.1, 0.15) is 5.75 Å². The average Bonchev–Trinajstić information content (AvgIpc) is 2.97. The van der Waals surface area contributed by atoms with Crippen LogP contribution in [0, 0.1) is 0 Å². The Morgan fingerprint density at radius 3 is 2.40 bits per heavy atom. The zero-order chi connectivity index (χ0) is 14.4. The Balaban J connectivity index is 1.89. The van der Waals surface area contributed by atoms with Gasteiger partial charge in [-0.3, -0.25) is 0 Å². The summed E-state index contributed by atoms with van der Waals surface area (Å²) in [5.41, 5.74) is 1.35. The molecule has 1 saturated heterocycles. The number of hydrogen-bond acceptors (Lipinski definition) is 3. The highest BCUT2D eigenvalue weighted by molar-refractivity contribution is 5.29. The highest BCUT2D eigenvalue weighted by atomic mass is 16.5. The molecule has 0 saturated carbocycles. The van der Waals surface area contributed by atoms with Gasteiger partial charge in [-0.15, -0.1) is 0 Å². The summed E-state index contributed by atoms with van der Waals surface area (Å²) in [6, 6.07) is 9.39. The molecular weight excluding hydrogens is 248 g/mol. The fourth-order valence-corrected chi connectivity index (χ4v) is 3.03. The van der Waals surface area contributed by atoms with Gasteiger partial charge in [0.2, 0.25) is 0 Å². The fourth-order valence-electron chi connectivity index (χ4n) is 3.03. The largest absolute Gasteiger partial charge is 0.497 e. The van der Waals surface area contributed by atoms with E-state index in [2.05, 4.69) is 36.2 Å². The van der Waals surface area contributed by atoms with Crippen LogP contribution in [0.5, 0.6) is 5.75 Å². The summed E-state index contributed by atoms with van der Waals surface area (Å²) in [5, 5.41) is 3.76. The highest BCUT2D eigenvalue weighted by Gasteiger charge is 2.17. The summed E-state index contributed by atoms with van der Waals surface area (Å²) in [4.78, 5) is 2.57. The molecule has 1 aromatic carbocycles. The van der Waals surface area contributed by atoms with E-state index in [1.807, 2.05) is 12.1 Å². The third-order valence-electron chi connectivity index (χ3n) is 4.14. The Morgan fingerprint density at radius 2 is 1.85 bits per heavy atom. The molecule has 0 bridgehead atoms. The first kappa shape index (κ1) is 15.3. The van der Waals surface area contributed by atoms with Crippen LogP contribution in [0.15, 0.2) is 24.3 Å². The maximum atomic E-state index is 5.23. The average molecular weight is 276 g/mol. The monoisotopic (exact) mass is 276 g/mol. The summed E-state index contributed by atoms with van der Waals surface area (Å²) in [7, 11) is 1.71. The highest BCUT2D eigenvalue weighted by Crippen LogP contribution is 2.21. The molecule has 0 spiro atoms. The fraction of sp³-hybridized carbons (Fsp3) is 0.647. The maximum Gasteiger partial charge on any atom is 0.118 e. The summed E-state index contributed by atoms with van der Waals surface area (Å²) in [5.74, 6) is 0.925. The number of methoxy groups -OCH3 is 1. The van der Waals surface area contributed by atoms with Crippen LogP contribution >= 0.6 is 0 Å².